The molecule has 0 radical (unpaired) electrons. The van der Waals surface area contributed by atoms with Gasteiger partial charge in [-0.1, -0.05) is 31.1 Å². The van der Waals surface area contributed by atoms with E-state index in [1.807, 2.05) is 11.9 Å². The maximum absolute atomic E-state index is 12.3. The van der Waals surface area contributed by atoms with Crippen LogP contribution in [0.4, 0.5) is 9.93 Å². The number of amides is 2. The molecule has 1 aliphatic heterocycles. The fourth-order valence-electron chi connectivity index (χ4n) is 2.66. The van der Waals surface area contributed by atoms with Crippen LogP contribution in [0.3, 0.4) is 0 Å². The number of hydrogen-bond acceptors (Lipinski definition) is 5. The van der Waals surface area contributed by atoms with E-state index < -0.39 is 0 Å². The van der Waals surface area contributed by atoms with Crippen molar-refractivity contribution < 1.29 is 4.79 Å². The van der Waals surface area contributed by atoms with Gasteiger partial charge in [0.05, 0.1) is 0 Å². The number of rotatable bonds is 6. The second kappa shape index (κ2) is 8.43. The van der Waals surface area contributed by atoms with Gasteiger partial charge in [-0.05, 0) is 39.4 Å². The maximum atomic E-state index is 12.3. The zero-order chi connectivity index (χ0) is 15.9. The molecule has 0 aliphatic carbocycles. The summed E-state index contributed by atoms with van der Waals surface area (Å²) in [7, 11) is 3.99. The molecule has 1 saturated heterocycles. The van der Waals surface area contributed by atoms with Crippen LogP contribution >= 0.6 is 11.3 Å². The number of likely N-dealkylation sites (tertiary alicyclic amines) is 1. The Balaban J connectivity index is 1.81. The van der Waals surface area contributed by atoms with Gasteiger partial charge in [-0.15, -0.1) is 10.2 Å². The predicted octanol–water partition coefficient (Wildman–Crippen LogP) is 2.83. The normalized spacial score (nSPS) is 16.7. The Hall–Kier alpha value is -1.21. The van der Waals surface area contributed by atoms with Crippen molar-refractivity contribution in [3.05, 3.63) is 5.01 Å². The topological polar surface area (TPSA) is 61.4 Å². The number of hydrogen-bond donors (Lipinski definition) is 1. The van der Waals surface area contributed by atoms with E-state index in [9.17, 15) is 4.79 Å². The first-order chi connectivity index (χ1) is 10.6. The minimum absolute atomic E-state index is 0.0780. The minimum atomic E-state index is -0.0780. The smallest absolute Gasteiger partial charge is 0.323 e. The predicted molar refractivity (Wildman–Crippen MR) is 90.4 cm³/mol. The van der Waals surface area contributed by atoms with Gasteiger partial charge in [0.25, 0.3) is 0 Å². The van der Waals surface area contributed by atoms with Gasteiger partial charge >= 0.3 is 6.03 Å². The quantitative estimate of drug-likeness (QED) is 0.817. The molecule has 7 heteroatoms. The molecule has 124 valence electrons. The molecule has 0 aromatic carbocycles. The number of aromatic nitrogens is 2. The molecular weight excluding hydrogens is 298 g/mol. The Kier molecular flexibility index (Phi) is 6.57. The third-order valence-electron chi connectivity index (χ3n) is 4.23. The van der Waals surface area contributed by atoms with Gasteiger partial charge in [0.15, 0.2) is 0 Å². The fourth-order valence-corrected chi connectivity index (χ4v) is 3.43. The Morgan fingerprint density at radius 3 is 2.77 bits per heavy atom. The summed E-state index contributed by atoms with van der Waals surface area (Å²) < 4.78 is 0. The molecule has 1 aromatic heterocycles. The highest BCUT2D eigenvalue weighted by atomic mass is 32.1. The molecule has 22 heavy (non-hydrogen) atoms. The Morgan fingerprint density at radius 2 is 2.09 bits per heavy atom. The second-order valence-corrected chi connectivity index (χ2v) is 7.10. The van der Waals surface area contributed by atoms with Gasteiger partial charge in [-0.2, -0.15) is 0 Å². The summed E-state index contributed by atoms with van der Waals surface area (Å²) in [6.45, 7) is 4.27. The lowest BCUT2D eigenvalue weighted by Gasteiger charge is -2.34. The Labute approximate surface area is 136 Å². The van der Waals surface area contributed by atoms with Crippen LogP contribution in [0, 0.1) is 0 Å². The summed E-state index contributed by atoms with van der Waals surface area (Å²) in [5, 5.41) is 12.7. The van der Waals surface area contributed by atoms with Crippen LogP contribution in [0.25, 0.3) is 0 Å². The van der Waals surface area contributed by atoms with Crippen LogP contribution in [-0.4, -0.2) is 59.3 Å². The summed E-state index contributed by atoms with van der Waals surface area (Å²) in [5.41, 5.74) is 0. The molecule has 1 aromatic rings. The van der Waals surface area contributed by atoms with Crippen molar-refractivity contribution in [3.8, 4) is 0 Å². The zero-order valence-electron chi connectivity index (χ0n) is 13.8. The summed E-state index contributed by atoms with van der Waals surface area (Å²) >= 11 is 1.49. The standard InChI is InChI=1S/C15H27N5OS/c1-4-5-6-7-13-17-18-14(22-13)16-15(21)20(3)12-8-10-19(2)11-9-12/h12H,4-11H2,1-3H3,(H,16,18,21). The number of urea groups is 1. The number of unbranched alkanes of at least 4 members (excludes halogenated alkanes) is 2. The van der Waals surface area contributed by atoms with Gasteiger partial charge in [-0.25, -0.2) is 4.79 Å². The van der Waals surface area contributed by atoms with Crippen molar-refractivity contribution in [1.29, 1.82) is 0 Å². The number of carbonyl (C=O) groups excluding carboxylic acids is 1. The molecule has 0 bridgehead atoms. The fraction of sp³-hybridized carbons (Fsp3) is 0.800. The lowest BCUT2D eigenvalue weighted by molar-refractivity contribution is 0.156. The highest BCUT2D eigenvalue weighted by Crippen LogP contribution is 2.19. The average molecular weight is 325 g/mol. The van der Waals surface area contributed by atoms with Crippen LogP contribution in [-0.2, 0) is 6.42 Å². The van der Waals surface area contributed by atoms with Crippen LogP contribution in [0.2, 0.25) is 0 Å². The first kappa shape index (κ1) is 17.1. The van der Waals surface area contributed by atoms with Crippen molar-refractivity contribution in [2.24, 2.45) is 0 Å². The first-order valence-electron chi connectivity index (χ1n) is 8.15. The number of aryl methyl sites for hydroxylation is 1. The average Bonchev–Trinajstić information content (AvgIpc) is 2.95. The SMILES string of the molecule is CCCCCc1nnc(NC(=O)N(C)C2CCN(C)CC2)s1. The van der Waals surface area contributed by atoms with Crippen LogP contribution in [0.15, 0.2) is 0 Å². The monoisotopic (exact) mass is 325 g/mol. The van der Waals surface area contributed by atoms with Crippen LogP contribution < -0.4 is 5.32 Å². The highest BCUT2D eigenvalue weighted by molar-refractivity contribution is 7.15. The van der Waals surface area contributed by atoms with Crippen molar-refractivity contribution in [3.63, 3.8) is 0 Å². The largest absolute Gasteiger partial charge is 0.324 e. The minimum Gasteiger partial charge on any atom is -0.324 e. The van der Waals surface area contributed by atoms with Crippen molar-refractivity contribution >= 4 is 22.5 Å². The number of nitrogens with zero attached hydrogens (tertiary/aromatic N) is 4. The molecule has 2 rings (SSSR count). The van der Waals surface area contributed by atoms with Crippen molar-refractivity contribution in [1.82, 2.24) is 20.0 Å². The molecular formula is C15H27N5OS. The summed E-state index contributed by atoms with van der Waals surface area (Å²) in [6.07, 6.45) is 6.54. The maximum Gasteiger partial charge on any atom is 0.323 e. The van der Waals surface area contributed by atoms with E-state index in [2.05, 4.69) is 34.4 Å². The third kappa shape index (κ3) is 4.91. The van der Waals surface area contributed by atoms with Crippen molar-refractivity contribution in [2.45, 2.75) is 51.5 Å². The van der Waals surface area contributed by atoms with Gasteiger partial charge in [0.2, 0.25) is 5.13 Å². The van der Waals surface area contributed by atoms with E-state index in [0.717, 1.165) is 43.8 Å². The number of piperidine rings is 1. The molecule has 0 spiro atoms. The van der Waals surface area contributed by atoms with E-state index in [1.54, 1.807) is 0 Å². The van der Waals surface area contributed by atoms with Gasteiger partial charge in [0.1, 0.15) is 5.01 Å². The second-order valence-electron chi connectivity index (χ2n) is 6.03. The molecule has 2 amide bonds. The molecule has 0 saturated carbocycles. The van der Waals surface area contributed by atoms with Gasteiger partial charge < -0.3 is 9.80 Å². The summed E-state index contributed by atoms with van der Waals surface area (Å²) in [6, 6.07) is 0.235. The molecule has 0 atom stereocenters. The van der Waals surface area contributed by atoms with Crippen LogP contribution in [0.1, 0.15) is 44.0 Å². The number of anilines is 1. The van der Waals surface area contributed by atoms with Crippen molar-refractivity contribution in [2.75, 3.05) is 32.5 Å². The Morgan fingerprint density at radius 1 is 1.36 bits per heavy atom. The lowest BCUT2D eigenvalue weighted by Crippen LogP contribution is -2.46. The molecule has 0 unspecified atom stereocenters. The van der Waals surface area contributed by atoms with E-state index in [4.69, 9.17) is 0 Å². The molecule has 2 heterocycles. The van der Waals surface area contributed by atoms with E-state index in [0.29, 0.717) is 11.2 Å². The molecule has 6 nitrogen and oxygen atoms in total. The molecule has 1 fully saturated rings. The first-order valence-corrected chi connectivity index (χ1v) is 8.96. The third-order valence-corrected chi connectivity index (χ3v) is 5.13. The lowest BCUT2D eigenvalue weighted by atomic mass is 10.0. The highest BCUT2D eigenvalue weighted by Gasteiger charge is 2.24. The number of nitrogens with one attached hydrogen (secondary N) is 1. The van der Waals surface area contributed by atoms with Gasteiger partial charge in [-0.3, -0.25) is 5.32 Å². The van der Waals surface area contributed by atoms with Gasteiger partial charge in [0, 0.05) is 19.5 Å². The van der Waals surface area contributed by atoms with E-state index in [1.165, 1.54) is 24.2 Å². The van der Waals surface area contributed by atoms with Crippen LogP contribution in [0.5, 0.6) is 0 Å². The molecule has 1 N–H and O–H groups in total. The van der Waals surface area contributed by atoms with E-state index in [-0.39, 0.29) is 6.03 Å². The molecule has 1 aliphatic rings. The summed E-state index contributed by atoms with van der Waals surface area (Å²) in [4.78, 5) is 16.4. The Bertz CT molecular complexity index is 470. The summed E-state index contributed by atoms with van der Waals surface area (Å²) in [5.74, 6) is 0. The zero-order valence-corrected chi connectivity index (χ0v) is 14.7. The van der Waals surface area contributed by atoms with E-state index >= 15 is 0 Å². The number of carbonyl (C=O) groups is 1.